The molecule has 4 aromatic rings. The number of fused-ring (bicyclic) bond motifs is 1. The van der Waals surface area contributed by atoms with Crippen molar-refractivity contribution in [2.24, 2.45) is 0 Å². The van der Waals surface area contributed by atoms with Crippen molar-refractivity contribution in [2.45, 2.75) is 6.54 Å². The van der Waals surface area contributed by atoms with E-state index in [4.69, 9.17) is 16.9 Å². The lowest BCUT2D eigenvalue weighted by Crippen LogP contribution is -2.27. The van der Waals surface area contributed by atoms with Crippen molar-refractivity contribution in [1.29, 1.82) is 5.26 Å². The number of anilines is 1. The highest BCUT2D eigenvalue weighted by molar-refractivity contribution is 7.14. The molecule has 0 saturated carbocycles. The topological polar surface area (TPSA) is 106 Å². The van der Waals surface area contributed by atoms with E-state index in [9.17, 15) is 9.59 Å². The number of nitrogens with one attached hydrogen (secondary N) is 1. The smallest absolute Gasteiger partial charge is 0.264 e. The van der Waals surface area contributed by atoms with E-state index in [-0.39, 0.29) is 17.5 Å². The van der Waals surface area contributed by atoms with Gasteiger partial charge in [0.1, 0.15) is 29.3 Å². The molecule has 10 heteroatoms. The fourth-order valence-corrected chi connectivity index (χ4v) is 3.61. The standard InChI is InChI=1S/C18H11ClN6O2S/c19-12-2-1-3-13(6-12)25-16-14(8-22-25)18(27)24(10-21-16)9-15(26)23-17-11(7-20)4-5-28-17/h1-6,8,10H,9H2,(H,23,26). The van der Waals surface area contributed by atoms with Gasteiger partial charge in [-0.05, 0) is 29.6 Å². The number of nitriles is 1. The van der Waals surface area contributed by atoms with E-state index in [0.29, 0.717) is 26.9 Å². The van der Waals surface area contributed by atoms with Crippen LogP contribution in [0, 0.1) is 11.3 Å². The number of carbonyl (C=O) groups excluding carboxylic acids is 1. The molecule has 0 saturated heterocycles. The Morgan fingerprint density at radius 2 is 2.21 bits per heavy atom. The first-order valence-electron chi connectivity index (χ1n) is 8.03. The Kier molecular flexibility index (Phi) is 4.65. The van der Waals surface area contributed by atoms with E-state index < -0.39 is 5.91 Å². The maximum absolute atomic E-state index is 12.7. The Bertz CT molecular complexity index is 1300. The summed E-state index contributed by atoms with van der Waals surface area (Å²) in [7, 11) is 0. The van der Waals surface area contributed by atoms with Crippen molar-refractivity contribution in [3.63, 3.8) is 0 Å². The predicted molar refractivity (Wildman–Crippen MR) is 106 cm³/mol. The average molecular weight is 411 g/mol. The second kappa shape index (κ2) is 7.26. The Labute approximate surface area is 167 Å². The molecule has 0 aliphatic rings. The summed E-state index contributed by atoms with van der Waals surface area (Å²) in [5, 5.41) is 18.8. The molecule has 8 nitrogen and oxygen atoms in total. The predicted octanol–water partition coefficient (Wildman–Crippen LogP) is 2.81. The summed E-state index contributed by atoms with van der Waals surface area (Å²) in [4.78, 5) is 29.3. The molecule has 1 N–H and O–H groups in total. The summed E-state index contributed by atoms with van der Waals surface area (Å²) in [6.07, 6.45) is 2.71. The van der Waals surface area contributed by atoms with Crippen molar-refractivity contribution in [2.75, 3.05) is 5.32 Å². The Morgan fingerprint density at radius 1 is 1.36 bits per heavy atom. The molecule has 0 spiro atoms. The first kappa shape index (κ1) is 17.9. The van der Waals surface area contributed by atoms with Crippen LogP contribution in [0.2, 0.25) is 5.02 Å². The number of carbonyl (C=O) groups is 1. The van der Waals surface area contributed by atoms with Crippen LogP contribution in [0.1, 0.15) is 5.56 Å². The third-order valence-corrected chi connectivity index (χ3v) is 5.02. The molecule has 28 heavy (non-hydrogen) atoms. The zero-order chi connectivity index (χ0) is 19.7. The fraction of sp³-hybridized carbons (Fsp3) is 0.0556. The molecule has 3 heterocycles. The lowest BCUT2D eigenvalue weighted by molar-refractivity contribution is -0.116. The third kappa shape index (κ3) is 3.26. The van der Waals surface area contributed by atoms with Crippen molar-refractivity contribution < 1.29 is 4.79 Å². The minimum atomic E-state index is -0.426. The maximum atomic E-state index is 12.7. The van der Waals surface area contributed by atoms with Gasteiger partial charge in [0.05, 0.1) is 17.4 Å². The SMILES string of the molecule is N#Cc1ccsc1NC(=O)Cn1cnc2c(cnn2-c2cccc(Cl)c2)c1=O. The number of hydrogen-bond donors (Lipinski definition) is 1. The first-order valence-corrected chi connectivity index (χ1v) is 9.29. The van der Waals surface area contributed by atoms with Crippen LogP contribution in [0.5, 0.6) is 0 Å². The van der Waals surface area contributed by atoms with Gasteiger partial charge in [0.15, 0.2) is 5.65 Å². The highest BCUT2D eigenvalue weighted by Gasteiger charge is 2.14. The van der Waals surface area contributed by atoms with E-state index >= 15 is 0 Å². The molecule has 1 amide bonds. The highest BCUT2D eigenvalue weighted by atomic mass is 35.5. The quantitative estimate of drug-likeness (QED) is 0.556. The number of aromatic nitrogens is 4. The van der Waals surface area contributed by atoms with Gasteiger partial charge in [-0.3, -0.25) is 14.2 Å². The maximum Gasteiger partial charge on any atom is 0.264 e. The lowest BCUT2D eigenvalue weighted by Gasteiger charge is -2.07. The molecule has 0 radical (unpaired) electrons. The minimum absolute atomic E-state index is 0.229. The minimum Gasteiger partial charge on any atom is -0.315 e. The fourth-order valence-electron chi connectivity index (χ4n) is 2.67. The van der Waals surface area contributed by atoms with Gasteiger partial charge in [-0.1, -0.05) is 17.7 Å². The average Bonchev–Trinajstić information content (AvgIpc) is 3.31. The number of halogens is 1. The largest absolute Gasteiger partial charge is 0.315 e. The number of hydrogen-bond acceptors (Lipinski definition) is 6. The number of benzene rings is 1. The Balaban J connectivity index is 1.63. The number of rotatable bonds is 4. The van der Waals surface area contributed by atoms with Crippen LogP contribution in [-0.2, 0) is 11.3 Å². The van der Waals surface area contributed by atoms with E-state index in [2.05, 4.69) is 15.4 Å². The molecule has 0 bridgehead atoms. The summed E-state index contributed by atoms with van der Waals surface area (Å²) in [6.45, 7) is -0.229. The third-order valence-electron chi connectivity index (χ3n) is 3.96. The molecule has 138 valence electrons. The molecule has 1 aromatic carbocycles. The van der Waals surface area contributed by atoms with Gasteiger partial charge < -0.3 is 5.32 Å². The number of amides is 1. The second-order valence-corrected chi connectivity index (χ2v) is 7.13. The van der Waals surface area contributed by atoms with Crippen LogP contribution >= 0.6 is 22.9 Å². The molecule has 0 unspecified atom stereocenters. The molecule has 4 rings (SSSR count). The summed E-state index contributed by atoms with van der Waals surface area (Å²) in [6, 6.07) is 10.6. The van der Waals surface area contributed by atoms with Crippen LogP contribution in [0.25, 0.3) is 16.7 Å². The van der Waals surface area contributed by atoms with E-state index in [0.717, 1.165) is 0 Å². The molecule has 0 aliphatic carbocycles. The van der Waals surface area contributed by atoms with Crippen LogP contribution in [0.15, 0.2) is 53.0 Å². The van der Waals surface area contributed by atoms with Gasteiger partial charge >= 0.3 is 0 Å². The van der Waals surface area contributed by atoms with Gasteiger partial charge in [0.25, 0.3) is 5.56 Å². The molecule has 3 aromatic heterocycles. The Morgan fingerprint density at radius 3 is 3.00 bits per heavy atom. The van der Waals surface area contributed by atoms with E-state index in [1.807, 2.05) is 6.07 Å². The number of thiophene rings is 1. The van der Waals surface area contributed by atoms with Crippen molar-refractivity contribution in [1.82, 2.24) is 19.3 Å². The summed E-state index contributed by atoms with van der Waals surface area (Å²) >= 11 is 7.26. The van der Waals surface area contributed by atoms with Crippen LogP contribution in [-0.4, -0.2) is 25.2 Å². The summed E-state index contributed by atoms with van der Waals surface area (Å²) in [5.74, 6) is -0.426. The zero-order valence-electron chi connectivity index (χ0n) is 14.2. The summed E-state index contributed by atoms with van der Waals surface area (Å²) in [5.41, 5.74) is 1.03. The number of nitrogens with zero attached hydrogens (tertiary/aromatic N) is 5. The van der Waals surface area contributed by atoms with Crippen LogP contribution < -0.4 is 10.9 Å². The second-order valence-electron chi connectivity index (χ2n) is 5.77. The van der Waals surface area contributed by atoms with Crippen molar-refractivity contribution >= 4 is 44.9 Å². The molecular weight excluding hydrogens is 400 g/mol. The Hall–Kier alpha value is -3.48. The zero-order valence-corrected chi connectivity index (χ0v) is 15.7. The van der Waals surface area contributed by atoms with Crippen molar-refractivity contribution in [3.05, 3.63) is 69.2 Å². The molecular formula is C18H11ClN6O2S. The molecule has 0 aliphatic heterocycles. The lowest BCUT2D eigenvalue weighted by atomic mass is 10.3. The normalized spacial score (nSPS) is 10.7. The molecule has 0 atom stereocenters. The highest BCUT2D eigenvalue weighted by Crippen LogP contribution is 2.22. The summed E-state index contributed by atoms with van der Waals surface area (Å²) < 4.78 is 2.71. The van der Waals surface area contributed by atoms with E-state index in [1.165, 1.54) is 33.1 Å². The monoisotopic (exact) mass is 410 g/mol. The van der Waals surface area contributed by atoms with Crippen LogP contribution in [0.4, 0.5) is 5.00 Å². The van der Waals surface area contributed by atoms with Crippen molar-refractivity contribution in [3.8, 4) is 11.8 Å². The molecule has 0 fully saturated rings. The van der Waals surface area contributed by atoms with Gasteiger partial charge in [-0.15, -0.1) is 11.3 Å². The first-order chi connectivity index (χ1) is 13.6. The van der Waals surface area contributed by atoms with E-state index in [1.54, 1.807) is 35.7 Å². The van der Waals surface area contributed by atoms with Crippen LogP contribution in [0.3, 0.4) is 0 Å². The van der Waals surface area contributed by atoms with Gasteiger partial charge in [-0.2, -0.15) is 10.4 Å². The van der Waals surface area contributed by atoms with Gasteiger partial charge in [0.2, 0.25) is 5.91 Å². The van der Waals surface area contributed by atoms with Gasteiger partial charge in [-0.25, -0.2) is 9.67 Å². The van der Waals surface area contributed by atoms with Gasteiger partial charge in [0, 0.05) is 5.02 Å².